The van der Waals surface area contributed by atoms with Crippen LogP contribution in [0.1, 0.15) is 32.3 Å². The Hall–Kier alpha value is -1.88. The first-order valence-electron chi connectivity index (χ1n) is 7.22. The zero-order valence-corrected chi connectivity index (χ0v) is 12.6. The van der Waals surface area contributed by atoms with Gasteiger partial charge in [0.2, 0.25) is 5.91 Å². The van der Waals surface area contributed by atoms with E-state index >= 15 is 0 Å². The number of nitrogens with one attached hydrogen (secondary N) is 1. The normalized spacial score (nSPS) is 13.7. The average molecular weight is 292 g/mol. The summed E-state index contributed by atoms with van der Waals surface area (Å²) in [5.41, 5.74) is 6.95. The number of carboxylic acids is 1. The van der Waals surface area contributed by atoms with Crippen molar-refractivity contribution in [1.82, 2.24) is 5.32 Å². The van der Waals surface area contributed by atoms with E-state index in [0.717, 1.165) is 5.56 Å². The van der Waals surface area contributed by atoms with Crippen LogP contribution in [0.5, 0.6) is 0 Å². The summed E-state index contributed by atoms with van der Waals surface area (Å²) in [6, 6.07) is 8.18. The molecule has 0 saturated heterocycles. The molecule has 2 atom stereocenters. The predicted octanol–water partition coefficient (Wildman–Crippen LogP) is 1.56. The highest BCUT2D eigenvalue weighted by molar-refractivity contribution is 5.86. The number of aliphatic carboxylic acids is 1. The largest absolute Gasteiger partial charge is 0.480 e. The van der Waals surface area contributed by atoms with Crippen LogP contribution in [0.3, 0.4) is 0 Å². The zero-order chi connectivity index (χ0) is 15.8. The van der Waals surface area contributed by atoms with E-state index in [9.17, 15) is 9.59 Å². The molecule has 4 N–H and O–H groups in total. The minimum absolute atomic E-state index is 0.187. The molecule has 21 heavy (non-hydrogen) atoms. The van der Waals surface area contributed by atoms with Gasteiger partial charge in [0.15, 0.2) is 0 Å². The second kappa shape index (κ2) is 8.42. The topological polar surface area (TPSA) is 92.4 Å². The summed E-state index contributed by atoms with van der Waals surface area (Å²) < 4.78 is 0. The summed E-state index contributed by atoms with van der Waals surface area (Å²) >= 11 is 0. The Bertz CT molecular complexity index is 460. The maximum atomic E-state index is 12.0. The van der Waals surface area contributed by atoms with Crippen molar-refractivity contribution in [2.24, 2.45) is 11.7 Å². The lowest BCUT2D eigenvalue weighted by atomic mass is 10.0. The van der Waals surface area contributed by atoms with Crippen LogP contribution in [0, 0.1) is 5.92 Å². The molecule has 0 spiro atoms. The third-order valence-electron chi connectivity index (χ3n) is 3.25. The van der Waals surface area contributed by atoms with Crippen LogP contribution in [0.15, 0.2) is 30.3 Å². The number of carbonyl (C=O) groups excluding carboxylic acids is 1. The maximum absolute atomic E-state index is 12.0. The van der Waals surface area contributed by atoms with Crippen LogP contribution in [-0.4, -0.2) is 29.1 Å². The van der Waals surface area contributed by atoms with E-state index in [0.29, 0.717) is 19.3 Å². The van der Waals surface area contributed by atoms with Crippen molar-refractivity contribution in [3.8, 4) is 0 Å². The lowest BCUT2D eigenvalue weighted by molar-refractivity contribution is -0.142. The number of benzene rings is 1. The van der Waals surface area contributed by atoms with Gasteiger partial charge in [-0.2, -0.15) is 0 Å². The van der Waals surface area contributed by atoms with Crippen LogP contribution < -0.4 is 11.1 Å². The highest BCUT2D eigenvalue weighted by Gasteiger charge is 2.23. The molecule has 1 rings (SSSR count). The first kappa shape index (κ1) is 17.2. The third-order valence-corrected chi connectivity index (χ3v) is 3.25. The molecule has 0 fully saturated rings. The molecule has 1 aromatic carbocycles. The fraction of sp³-hybridized carbons (Fsp3) is 0.500. The molecule has 0 radical (unpaired) electrons. The summed E-state index contributed by atoms with van der Waals surface area (Å²) in [7, 11) is 0. The van der Waals surface area contributed by atoms with Gasteiger partial charge in [0.25, 0.3) is 0 Å². The van der Waals surface area contributed by atoms with Gasteiger partial charge in [-0.05, 0) is 30.7 Å². The molecule has 0 heterocycles. The summed E-state index contributed by atoms with van der Waals surface area (Å²) in [5, 5.41) is 11.6. The Kier molecular flexibility index (Phi) is 6.88. The number of rotatable bonds is 8. The van der Waals surface area contributed by atoms with Gasteiger partial charge >= 0.3 is 5.97 Å². The van der Waals surface area contributed by atoms with E-state index in [2.05, 4.69) is 5.32 Å². The molecule has 5 heteroatoms. The summed E-state index contributed by atoms with van der Waals surface area (Å²) in [6.45, 7) is 3.83. The van der Waals surface area contributed by atoms with Crippen LogP contribution in [0.4, 0.5) is 0 Å². The van der Waals surface area contributed by atoms with Crippen molar-refractivity contribution in [1.29, 1.82) is 0 Å². The van der Waals surface area contributed by atoms with E-state index in [1.807, 2.05) is 44.2 Å². The SMILES string of the molecule is CC(C)CC(NC(=O)[C@@H](N)CCc1ccccc1)C(=O)O. The molecule has 0 aromatic heterocycles. The summed E-state index contributed by atoms with van der Waals surface area (Å²) in [6.07, 6.45) is 1.58. The van der Waals surface area contributed by atoms with Gasteiger partial charge in [0.05, 0.1) is 6.04 Å². The molecule has 0 aliphatic rings. The maximum Gasteiger partial charge on any atom is 0.326 e. The molecule has 116 valence electrons. The quantitative estimate of drug-likeness (QED) is 0.678. The van der Waals surface area contributed by atoms with Gasteiger partial charge in [-0.3, -0.25) is 4.79 Å². The van der Waals surface area contributed by atoms with Gasteiger partial charge in [0.1, 0.15) is 6.04 Å². The van der Waals surface area contributed by atoms with Gasteiger partial charge in [-0.25, -0.2) is 4.79 Å². The Morgan fingerprint density at radius 1 is 1.24 bits per heavy atom. The molecule has 1 aromatic rings. The number of aryl methyl sites for hydroxylation is 1. The Labute approximate surface area is 125 Å². The first-order valence-corrected chi connectivity index (χ1v) is 7.22. The zero-order valence-electron chi connectivity index (χ0n) is 12.6. The van der Waals surface area contributed by atoms with E-state index in [1.54, 1.807) is 0 Å². The van der Waals surface area contributed by atoms with Crippen molar-refractivity contribution in [2.75, 3.05) is 0 Å². The van der Waals surface area contributed by atoms with Crippen molar-refractivity contribution in [3.63, 3.8) is 0 Å². The third kappa shape index (κ3) is 6.40. The molecule has 0 saturated carbocycles. The van der Waals surface area contributed by atoms with Gasteiger partial charge in [0, 0.05) is 0 Å². The van der Waals surface area contributed by atoms with Crippen molar-refractivity contribution in [2.45, 2.75) is 45.2 Å². The number of hydrogen-bond acceptors (Lipinski definition) is 3. The summed E-state index contributed by atoms with van der Waals surface area (Å²) in [5.74, 6) is -1.24. The second-order valence-electron chi connectivity index (χ2n) is 5.66. The second-order valence-corrected chi connectivity index (χ2v) is 5.66. The van der Waals surface area contributed by atoms with Crippen molar-refractivity contribution in [3.05, 3.63) is 35.9 Å². The Morgan fingerprint density at radius 3 is 2.38 bits per heavy atom. The number of carbonyl (C=O) groups is 2. The highest BCUT2D eigenvalue weighted by atomic mass is 16.4. The lowest BCUT2D eigenvalue weighted by Crippen LogP contribution is -2.49. The number of hydrogen-bond donors (Lipinski definition) is 3. The van der Waals surface area contributed by atoms with Crippen LogP contribution in [0.2, 0.25) is 0 Å². The lowest BCUT2D eigenvalue weighted by Gasteiger charge is -2.19. The smallest absolute Gasteiger partial charge is 0.326 e. The van der Waals surface area contributed by atoms with E-state index in [-0.39, 0.29) is 5.92 Å². The van der Waals surface area contributed by atoms with E-state index in [1.165, 1.54) is 0 Å². The monoisotopic (exact) mass is 292 g/mol. The van der Waals surface area contributed by atoms with Crippen LogP contribution >= 0.6 is 0 Å². The Morgan fingerprint density at radius 2 is 1.86 bits per heavy atom. The molecular weight excluding hydrogens is 268 g/mol. The highest BCUT2D eigenvalue weighted by Crippen LogP contribution is 2.07. The van der Waals surface area contributed by atoms with Gasteiger partial charge in [-0.15, -0.1) is 0 Å². The van der Waals surface area contributed by atoms with Gasteiger partial charge in [-0.1, -0.05) is 44.2 Å². The Balaban J connectivity index is 2.47. The fourth-order valence-corrected chi connectivity index (χ4v) is 2.07. The fourth-order valence-electron chi connectivity index (χ4n) is 2.07. The molecular formula is C16H24N2O3. The minimum atomic E-state index is -1.02. The standard InChI is InChI=1S/C16H24N2O3/c1-11(2)10-14(16(20)21)18-15(19)13(17)9-8-12-6-4-3-5-7-12/h3-7,11,13-14H,8-10,17H2,1-2H3,(H,18,19)(H,20,21)/t13-,14?/m0/s1. The van der Waals surface area contributed by atoms with Crippen molar-refractivity contribution < 1.29 is 14.7 Å². The van der Waals surface area contributed by atoms with E-state index < -0.39 is 24.0 Å². The molecule has 0 aliphatic carbocycles. The first-order chi connectivity index (χ1) is 9.90. The van der Waals surface area contributed by atoms with Crippen LogP contribution in [0.25, 0.3) is 0 Å². The molecule has 1 unspecified atom stereocenters. The predicted molar refractivity (Wildman–Crippen MR) is 81.8 cm³/mol. The molecule has 0 bridgehead atoms. The number of nitrogens with two attached hydrogens (primary N) is 1. The molecule has 5 nitrogen and oxygen atoms in total. The molecule has 0 aliphatic heterocycles. The van der Waals surface area contributed by atoms with Gasteiger partial charge < -0.3 is 16.2 Å². The van der Waals surface area contributed by atoms with E-state index in [4.69, 9.17) is 10.8 Å². The number of amides is 1. The van der Waals surface area contributed by atoms with Crippen LogP contribution in [-0.2, 0) is 16.0 Å². The minimum Gasteiger partial charge on any atom is -0.480 e. The summed E-state index contributed by atoms with van der Waals surface area (Å²) in [4.78, 5) is 23.1. The molecule has 1 amide bonds. The number of carboxylic acid groups (broad SMARTS) is 1. The van der Waals surface area contributed by atoms with Crippen molar-refractivity contribution >= 4 is 11.9 Å². The average Bonchev–Trinajstić information content (AvgIpc) is 2.44.